The quantitative estimate of drug-likeness (QED) is 0.822. The van der Waals surface area contributed by atoms with Crippen molar-refractivity contribution in [1.82, 2.24) is 5.32 Å². The minimum atomic E-state index is -0.546. The third-order valence-electron chi connectivity index (χ3n) is 3.24. The Kier molecular flexibility index (Phi) is 4.79. The smallest absolute Gasteiger partial charge is 0.130 e. The lowest BCUT2D eigenvalue weighted by Gasteiger charge is -2.09. The Labute approximate surface area is 116 Å². The van der Waals surface area contributed by atoms with Crippen LogP contribution in [0.15, 0.2) is 36.4 Å². The number of hydrogen-bond donors (Lipinski definition) is 1. The molecule has 0 saturated carbocycles. The second-order valence-corrected chi connectivity index (χ2v) is 4.70. The molecule has 0 fully saturated rings. The van der Waals surface area contributed by atoms with Gasteiger partial charge in [0.05, 0.1) is 0 Å². The molecule has 0 radical (unpaired) electrons. The van der Waals surface area contributed by atoms with Gasteiger partial charge in [-0.2, -0.15) is 0 Å². The molecule has 0 aliphatic rings. The van der Waals surface area contributed by atoms with E-state index < -0.39 is 11.6 Å². The summed E-state index contributed by atoms with van der Waals surface area (Å²) in [4.78, 5) is 0. The second kappa shape index (κ2) is 6.57. The highest BCUT2D eigenvalue weighted by molar-refractivity contribution is 5.26. The van der Waals surface area contributed by atoms with Gasteiger partial charge < -0.3 is 5.32 Å². The average molecular weight is 279 g/mol. The van der Waals surface area contributed by atoms with Crippen molar-refractivity contribution in [2.45, 2.75) is 19.9 Å². The van der Waals surface area contributed by atoms with Gasteiger partial charge in [0.2, 0.25) is 0 Å². The molecule has 0 atom stereocenters. The summed E-state index contributed by atoms with van der Waals surface area (Å²) < 4.78 is 39.7. The van der Waals surface area contributed by atoms with E-state index in [4.69, 9.17) is 0 Å². The van der Waals surface area contributed by atoms with Crippen LogP contribution in [0.25, 0.3) is 0 Å². The van der Waals surface area contributed by atoms with Crippen LogP contribution in [0.3, 0.4) is 0 Å². The van der Waals surface area contributed by atoms with Crippen LogP contribution in [0.4, 0.5) is 13.2 Å². The van der Waals surface area contributed by atoms with Crippen LogP contribution in [0.1, 0.15) is 16.7 Å². The van der Waals surface area contributed by atoms with E-state index in [9.17, 15) is 13.2 Å². The van der Waals surface area contributed by atoms with E-state index in [0.717, 1.165) is 11.1 Å². The van der Waals surface area contributed by atoms with Crippen molar-refractivity contribution in [3.05, 3.63) is 70.5 Å². The lowest BCUT2D eigenvalue weighted by atomic mass is 10.1. The molecule has 2 aromatic rings. The topological polar surface area (TPSA) is 12.0 Å². The number of aryl methyl sites for hydroxylation is 1. The Bertz CT molecular complexity index is 576. The van der Waals surface area contributed by atoms with Crippen molar-refractivity contribution in [3.8, 4) is 0 Å². The first-order valence-corrected chi connectivity index (χ1v) is 6.46. The summed E-state index contributed by atoms with van der Waals surface area (Å²) in [5.41, 5.74) is 1.94. The van der Waals surface area contributed by atoms with Gasteiger partial charge in [-0.15, -0.1) is 0 Å². The van der Waals surface area contributed by atoms with E-state index >= 15 is 0 Å². The van der Waals surface area contributed by atoms with Crippen LogP contribution in [0.2, 0.25) is 0 Å². The molecule has 106 valence electrons. The highest BCUT2D eigenvalue weighted by Crippen LogP contribution is 2.12. The zero-order chi connectivity index (χ0) is 14.5. The molecule has 1 nitrogen and oxygen atoms in total. The minimum Gasteiger partial charge on any atom is -0.312 e. The molecule has 0 amide bonds. The molecule has 2 aromatic carbocycles. The van der Waals surface area contributed by atoms with E-state index in [2.05, 4.69) is 5.32 Å². The summed E-state index contributed by atoms with van der Waals surface area (Å²) in [7, 11) is 0. The lowest BCUT2D eigenvalue weighted by molar-refractivity contribution is 0.536. The Morgan fingerprint density at radius 1 is 1.00 bits per heavy atom. The summed E-state index contributed by atoms with van der Waals surface area (Å²) >= 11 is 0. The number of halogens is 3. The number of benzene rings is 2. The van der Waals surface area contributed by atoms with E-state index in [-0.39, 0.29) is 17.9 Å². The van der Waals surface area contributed by atoms with E-state index in [1.807, 2.05) is 6.92 Å². The van der Waals surface area contributed by atoms with Crippen molar-refractivity contribution < 1.29 is 13.2 Å². The van der Waals surface area contributed by atoms with Gasteiger partial charge in [-0.05, 0) is 55.3 Å². The normalized spacial score (nSPS) is 10.8. The third-order valence-corrected chi connectivity index (χ3v) is 3.24. The number of rotatable bonds is 5. The first kappa shape index (κ1) is 14.6. The molecule has 0 aromatic heterocycles. The molecule has 0 saturated heterocycles. The van der Waals surface area contributed by atoms with Gasteiger partial charge in [0.1, 0.15) is 17.5 Å². The van der Waals surface area contributed by atoms with Gasteiger partial charge in [0.25, 0.3) is 0 Å². The molecule has 0 unspecified atom stereocenters. The maximum atomic E-state index is 13.4. The zero-order valence-electron chi connectivity index (χ0n) is 11.2. The molecular formula is C16H16F3N. The fraction of sp³-hybridized carbons (Fsp3) is 0.250. The van der Waals surface area contributed by atoms with Crippen molar-refractivity contribution in [2.75, 3.05) is 6.54 Å². The molecule has 0 heterocycles. The first-order chi connectivity index (χ1) is 9.58. The summed E-state index contributed by atoms with van der Waals surface area (Å²) in [5.74, 6) is -1.35. The summed E-state index contributed by atoms with van der Waals surface area (Å²) in [6.45, 7) is 2.55. The second-order valence-electron chi connectivity index (χ2n) is 4.70. The summed E-state index contributed by atoms with van der Waals surface area (Å²) in [6, 6.07) is 8.45. The van der Waals surface area contributed by atoms with Gasteiger partial charge >= 0.3 is 0 Å². The lowest BCUT2D eigenvalue weighted by Crippen LogP contribution is -2.18. The van der Waals surface area contributed by atoms with Gasteiger partial charge in [-0.3, -0.25) is 0 Å². The van der Waals surface area contributed by atoms with Crippen LogP contribution < -0.4 is 5.32 Å². The molecule has 0 spiro atoms. The van der Waals surface area contributed by atoms with Gasteiger partial charge in [0.15, 0.2) is 0 Å². The van der Waals surface area contributed by atoms with E-state index in [1.165, 1.54) is 30.3 Å². The molecule has 20 heavy (non-hydrogen) atoms. The van der Waals surface area contributed by atoms with Crippen molar-refractivity contribution in [3.63, 3.8) is 0 Å². The zero-order valence-corrected chi connectivity index (χ0v) is 11.2. The molecule has 0 aliphatic heterocycles. The Morgan fingerprint density at radius 2 is 1.70 bits per heavy atom. The third kappa shape index (κ3) is 3.61. The van der Waals surface area contributed by atoms with E-state index in [1.54, 1.807) is 6.07 Å². The van der Waals surface area contributed by atoms with Crippen molar-refractivity contribution in [1.29, 1.82) is 0 Å². The fourth-order valence-corrected chi connectivity index (χ4v) is 2.08. The molecule has 4 heteroatoms. The van der Waals surface area contributed by atoms with E-state index in [0.29, 0.717) is 13.0 Å². The highest BCUT2D eigenvalue weighted by Gasteiger charge is 2.07. The number of nitrogens with one attached hydrogen (secondary N) is 1. The van der Waals surface area contributed by atoms with Crippen LogP contribution >= 0.6 is 0 Å². The van der Waals surface area contributed by atoms with Crippen LogP contribution in [0.5, 0.6) is 0 Å². The highest BCUT2D eigenvalue weighted by atomic mass is 19.1. The molecule has 0 bridgehead atoms. The van der Waals surface area contributed by atoms with Crippen molar-refractivity contribution >= 4 is 0 Å². The maximum Gasteiger partial charge on any atom is 0.130 e. The Morgan fingerprint density at radius 3 is 2.35 bits per heavy atom. The molecule has 0 aliphatic carbocycles. The summed E-state index contributed by atoms with van der Waals surface area (Å²) in [6.07, 6.45) is 0.683. The Balaban J connectivity index is 1.88. The largest absolute Gasteiger partial charge is 0.312 e. The van der Waals surface area contributed by atoms with Crippen LogP contribution in [-0.2, 0) is 13.0 Å². The predicted molar refractivity (Wildman–Crippen MR) is 72.9 cm³/mol. The number of hydrogen-bond acceptors (Lipinski definition) is 1. The molecular weight excluding hydrogens is 263 g/mol. The monoisotopic (exact) mass is 279 g/mol. The fourth-order valence-electron chi connectivity index (χ4n) is 2.08. The molecule has 1 N–H and O–H groups in total. The standard InChI is InChI=1S/C16H16F3N/c1-11-9-13(17)6-5-12(11)7-8-20-10-14-15(18)3-2-4-16(14)19/h2-6,9,20H,7-8,10H2,1H3. The minimum absolute atomic E-state index is 0.0447. The van der Waals surface area contributed by atoms with Gasteiger partial charge in [-0.1, -0.05) is 12.1 Å². The SMILES string of the molecule is Cc1cc(F)ccc1CCNCc1c(F)cccc1F. The predicted octanol–water partition coefficient (Wildman–Crippen LogP) is 3.74. The molecule has 2 rings (SSSR count). The van der Waals surface area contributed by atoms with Crippen molar-refractivity contribution in [2.24, 2.45) is 0 Å². The maximum absolute atomic E-state index is 13.4. The summed E-state index contributed by atoms with van der Waals surface area (Å²) in [5, 5.41) is 3.00. The average Bonchev–Trinajstić information content (AvgIpc) is 2.39. The first-order valence-electron chi connectivity index (χ1n) is 6.46. The van der Waals surface area contributed by atoms with Crippen LogP contribution in [0, 0.1) is 24.4 Å². The van der Waals surface area contributed by atoms with Gasteiger partial charge in [-0.25, -0.2) is 13.2 Å². The van der Waals surface area contributed by atoms with Gasteiger partial charge in [0, 0.05) is 12.1 Å². The Hall–Kier alpha value is -1.81. The van der Waals surface area contributed by atoms with Crippen LogP contribution in [-0.4, -0.2) is 6.54 Å².